The van der Waals surface area contributed by atoms with E-state index in [1.807, 2.05) is 24.3 Å². The second-order valence-corrected chi connectivity index (χ2v) is 3.17. The maximum Gasteiger partial charge on any atom is 0.0426 e. The lowest BCUT2D eigenvalue weighted by atomic mass is 10.2. The summed E-state index contributed by atoms with van der Waals surface area (Å²) >= 11 is 11.6. The van der Waals surface area contributed by atoms with Crippen molar-refractivity contribution in [3.05, 3.63) is 52.5 Å². The Bertz CT molecular complexity index is 293. The van der Waals surface area contributed by atoms with Crippen molar-refractivity contribution in [2.24, 2.45) is 0 Å². The normalized spacial score (nSPS) is 10.5. The van der Waals surface area contributed by atoms with E-state index in [0.717, 1.165) is 5.56 Å². The highest BCUT2D eigenvalue weighted by Gasteiger charge is 1.93. The second kappa shape index (κ2) is 4.34. The van der Waals surface area contributed by atoms with E-state index in [-0.39, 0.29) is 0 Å². The summed E-state index contributed by atoms with van der Waals surface area (Å²) in [7, 11) is 0. The Morgan fingerprint density at radius 3 is 2.17 bits per heavy atom. The summed E-state index contributed by atoms with van der Waals surface area (Å²) in [4.78, 5) is 0. The van der Waals surface area contributed by atoms with Gasteiger partial charge in [-0.25, -0.2) is 0 Å². The molecule has 0 aromatic heterocycles. The maximum atomic E-state index is 5.78. The molecule has 62 valence electrons. The van der Waals surface area contributed by atoms with Crippen molar-refractivity contribution >= 4 is 29.3 Å². The van der Waals surface area contributed by atoms with Gasteiger partial charge < -0.3 is 0 Å². The van der Waals surface area contributed by atoms with Gasteiger partial charge in [0.2, 0.25) is 0 Å². The van der Waals surface area contributed by atoms with Crippen LogP contribution >= 0.6 is 23.2 Å². The third-order valence-electron chi connectivity index (χ3n) is 1.31. The first kappa shape index (κ1) is 9.37. The number of hydrogen-bond donors (Lipinski definition) is 0. The van der Waals surface area contributed by atoms with Gasteiger partial charge in [-0.2, -0.15) is 0 Å². The summed E-state index contributed by atoms with van der Waals surface area (Å²) < 4.78 is 0. The third kappa shape index (κ3) is 2.72. The predicted molar refractivity (Wildman–Crippen MR) is 55.7 cm³/mol. The van der Waals surface area contributed by atoms with Gasteiger partial charge in [-0.3, -0.25) is 0 Å². The topological polar surface area (TPSA) is 0 Å². The largest absolute Gasteiger partial charge is 0.0991 e. The maximum absolute atomic E-state index is 5.78. The van der Waals surface area contributed by atoms with Gasteiger partial charge in [-0.15, -0.1) is 0 Å². The van der Waals surface area contributed by atoms with E-state index >= 15 is 0 Å². The molecular formula is C10H8Cl2. The van der Waals surface area contributed by atoms with E-state index in [2.05, 4.69) is 6.58 Å². The van der Waals surface area contributed by atoms with Crippen LogP contribution in [0.25, 0.3) is 6.08 Å². The zero-order valence-electron chi connectivity index (χ0n) is 6.43. The average Bonchev–Trinajstić information content (AvgIpc) is 1.99. The molecule has 0 N–H and O–H groups in total. The number of halogens is 2. The van der Waals surface area contributed by atoms with Crippen molar-refractivity contribution in [2.75, 3.05) is 0 Å². The van der Waals surface area contributed by atoms with E-state index < -0.39 is 0 Å². The Balaban J connectivity index is 3.00. The molecule has 0 amide bonds. The first-order valence-electron chi connectivity index (χ1n) is 3.47. The molecule has 0 radical (unpaired) electrons. The fraction of sp³-hybridized carbons (Fsp3) is 0. The zero-order valence-corrected chi connectivity index (χ0v) is 7.94. The SMILES string of the molecule is C=C/C=C\c1cc(Cl)cc(Cl)c1. The fourth-order valence-corrected chi connectivity index (χ4v) is 1.39. The first-order chi connectivity index (χ1) is 5.72. The van der Waals surface area contributed by atoms with Gasteiger partial charge in [0.25, 0.3) is 0 Å². The molecule has 0 bridgehead atoms. The highest BCUT2D eigenvalue weighted by atomic mass is 35.5. The molecule has 2 heteroatoms. The van der Waals surface area contributed by atoms with Crippen LogP contribution in [-0.4, -0.2) is 0 Å². The third-order valence-corrected chi connectivity index (χ3v) is 1.75. The van der Waals surface area contributed by atoms with Crippen LogP contribution in [0, 0.1) is 0 Å². The Morgan fingerprint density at radius 2 is 1.67 bits per heavy atom. The second-order valence-electron chi connectivity index (χ2n) is 2.30. The standard InChI is InChI=1S/C10H8Cl2/c1-2-3-4-8-5-9(11)7-10(12)6-8/h2-7H,1H2/b4-3-. The van der Waals surface area contributed by atoms with E-state index in [0.29, 0.717) is 10.0 Å². The molecule has 0 aliphatic carbocycles. The van der Waals surface area contributed by atoms with Gasteiger partial charge in [-0.05, 0) is 23.8 Å². The molecule has 0 unspecified atom stereocenters. The van der Waals surface area contributed by atoms with Crippen LogP contribution < -0.4 is 0 Å². The van der Waals surface area contributed by atoms with E-state index in [1.54, 1.807) is 12.1 Å². The van der Waals surface area contributed by atoms with Crippen LogP contribution in [0.4, 0.5) is 0 Å². The molecule has 0 spiro atoms. The Morgan fingerprint density at radius 1 is 1.08 bits per heavy atom. The molecule has 0 fully saturated rings. The molecule has 0 atom stereocenters. The van der Waals surface area contributed by atoms with Gasteiger partial charge in [0, 0.05) is 10.0 Å². The Kier molecular flexibility index (Phi) is 3.39. The zero-order chi connectivity index (χ0) is 8.97. The summed E-state index contributed by atoms with van der Waals surface area (Å²) in [5.74, 6) is 0. The lowest BCUT2D eigenvalue weighted by molar-refractivity contribution is 1.65. The number of hydrogen-bond acceptors (Lipinski definition) is 0. The van der Waals surface area contributed by atoms with Crippen LogP contribution in [0.15, 0.2) is 36.9 Å². The van der Waals surface area contributed by atoms with Crippen molar-refractivity contribution in [1.29, 1.82) is 0 Å². The van der Waals surface area contributed by atoms with Crippen molar-refractivity contribution in [1.82, 2.24) is 0 Å². The minimum absolute atomic E-state index is 0.645. The first-order valence-corrected chi connectivity index (χ1v) is 4.23. The summed E-state index contributed by atoms with van der Waals surface area (Å²) in [6, 6.07) is 5.38. The molecule has 0 saturated carbocycles. The van der Waals surface area contributed by atoms with Gasteiger partial charge in [0.05, 0.1) is 0 Å². The Labute approximate surface area is 82.1 Å². The van der Waals surface area contributed by atoms with Crippen molar-refractivity contribution in [2.45, 2.75) is 0 Å². The molecule has 0 aliphatic heterocycles. The van der Waals surface area contributed by atoms with Gasteiger partial charge >= 0.3 is 0 Å². The van der Waals surface area contributed by atoms with E-state index in [4.69, 9.17) is 23.2 Å². The van der Waals surface area contributed by atoms with Crippen molar-refractivity contribution in [3.8, 4) is 0 Å². The van der Waals surface area contributed by atoms with Crippen LogP contribution in [-0.2, 0) is 0 Å². The number of rotatable bonds is 2. The highest BCUT2D eigenvalue weighted by Crippen LogP contribution is 2.19. The summed E-state index contributed by atoms with van der Waals surface area (Å²) in [5.41, 5.74) is 0.979. The molecule has 12 heavy (non-hydrogen) atoms. The monoisotopic (exact) mass is 198 g/mol. The Hall–Kier alpha value is -0.720. The number of benzene rings is 1. The van der Waals surface area contributed by atoms with Gasteiger partial charge in [0.15, 0.2) is 0 Å². The molecule has 0 nitrogen and oxygen atoms in total. The predicted octanol–water partition coefficient (Wildman–Crippen LogP) is 4.19. The van der Waals surface area contributed by atoms with Crippen molar-refractivity contribution < 1.29 is 0 Å². The summed E-state index contributed by atoms with van der Waals surface area (Å²) in [6.45, 7) is 3.57. The molecule has 1 aromatic rings. The lowest BCUT2D eigenvalue weighted by Crippen LogP contribution is -1.72. The van der Waals surface area contributed by atoms with Crippen LogP contribution in [0.2, 0.25) is 10.0 Å². The van der Waals surface area contributed by atoms with Crippen LogP contribution in [0.5, 0.6) is 0 Å². The van der Waals surface area contributed by atoms with Gasteiger partial charge in [0.1, 0.15) is 0 Å². The van der Waals surface area contributed by atoms with E-state index in [9.17, 15) is 0 Å². The summed E-state index contributed by atoms with van der Waals surface area (Å²) in [5, 5.41) is 1.29. The van der Waals surface area contributed by atoms with Gasteiger partial charge in [-0.1, -0.05) is 48.0 Å². The molecule has 0 aliphatic rings. The van der Waals surface area contributed by atoms with Crippen LogP contribution in [0.1, 0.15) is 5.56 Å². The van der Waals surface area contributed by atoms with Crippen LogP contribution in [0.3, 0.4) is 0 Å². The highest BCUT2D eigenvalue weighted by molar-refractivity contribution is 6.34. The molecule has 1 aromatic carbocycles. The van der Waals surface area contributed by atoms with E-state index in [1.165, 1.54) is 0 Å². The molecule has 0 heterocycles. The quantitative estimate of drug-likeness (QED) is 0.626. The lowest BCUT2D eigenvalue weighted by Gasteiger charge is -1.95. The molecular weight excluding hydrogens is 191 g/mol. The smallest absolute Gasteiger partial charge is 0.0426 e. The fourth-order valence-electron chi connectivity index (χ4n) is 0.851. The molecule has 1 rings (SSSR count). The minimum atomic E-state index is 0.645. The summed E-state index contributed by atoms with van der Waals surface area (Å²) in [6.07, 6.45) is 5.43. The van der Waals surface area contributed by atoms with Crippen molar-refractivity contribution in [3.63, 3.8) is 0 Å². The minimum Gasteiger partial charge on any atom is -0.0991 e. The average molecular weight is 199 g/mol. The number of allylic oxidation sites excluding steroid dienone is 2. The molecule has 0 saturated heterocycles.